The van der Waals surface area contributed by atoms with Crippen LogP contribution in [0.2, 0.25) is 0 Å². The number of benzene rings is 2. The summed E-state index contributed by atoms with van der Waals surface area (Å²) >= 11 is 0. The number of tetrazole rings is 1. The van der Waals surface area contributed by atoms with E-state index in [0.717, 1.165) is 54.3 Å². The van der Waals surface area contributed by atoms with Gasteiger partial charge in [0.1, 0.15) is 11.5 Å². The highest BCUT2D eigenvalue weighted by molar-refractivity contribution is 5.93. The number of para-hydroxylation sites is 1. The number of nitrogens with zero attached hydrogens (tertiary/aromatic N) is 7. The van der Waals surface area contributed by atoms with Crippen molar-refractivity contribution in [2.75, 3.05) is 31.2 Å². The quantitative estimate of drug-likeness (QED) is 0.422. The summed E-state index contributed by atoms with van der Waals surface area (Å²) in [5.41, 5.74) is 3.88. The third kappa shape index (κ3) is 3.71. The Kier molecular flexibility index (Phi) is 5.07. The molecule has 4 heterocycles. The predicted octanol–water partition coefficient (Wildman–Crippen LogP) is 2.18. The van der Waals surface area contributed by atoms with E-state index in [9.17, 15) is 4.79 Å². The highest BCUT2D eigenvalue weighted by Gasteiger charge is 2.16. The van der Waals surface area contributed by atoms with Gasteiger partial charge in [-0.1, -0.05) is 17.3 Å². The van der Waals surface area contributed by atoms with E-state index < -0.39 is 0 Å². The number of aromatic amines is 2. The topological polar surface area (TPSA) is 130 Å². The molecule has 0 aliphatic carbocycles. The van der Waals surface area contributed by atoms with Crippen molar-refractivity contribution in [2.45, 2.75) is 6.42 Å². The average molecular weight is 455 g/mol. The van der Waals surface area contributed by atoms with Gasteiger partial charge in [-0.3, -0.25) is 4.79 Å². The van der Waals surface area contributed by atoms with Gasteiger partial charge in [0.25, 0.3) is 0 Å². The summed E-state index contributed by atoms with van der Waals surface area (Å²) in [5, 5.41) is 23.3. The molecule has 1 saturated heterocycles. The van der Waals surface area contributed by atoms with Gasteiger partial charge in [-0.25, -0.2) is 4.68 Å². The normalized spacial score (nSPS) is 14.4. The average Bonchev–Trinajstić information content (AvgIpc) is 3.51. The molecule has 0 unspecified atom stereocenters. The molecule has 34 heavy (non-hydrogen) atoms. The van der Waals surface area contributed by atoms with E-state index in [0.29, 0.717) is 23.5 Å². The fraction of sp³-hybridized carbons (Fsp3) is 0.217. The minimum atomic E-state index is -0.0276. The number of ether oxygens (including phenoxy) is 1. The standard InChI is InChI=1S/C23H21N9O2/c33-20-13-21(31-9-2-11-34-12-10-31)24-22-17(3-1-4-18(20)22)19-14-32(30-25-19)16-7-5-15(6-8-16)23-26-28-29-27-23/h1,3-8,13-14H,2,9-12H2,(H,24,33)(H,26,27,28,29). The van der Waals surface area contributed by atoms with Crippen molar-refractivity contribution < 1.29 is 4.74 Å². The maximum Gasteiger partial charge on any atom is 0.204 e. The number of nitrogens with one attached hydrogen (secondary N) is 2. The number of aromatic nitrogens is 8. The lowest BCUT2D eigenvalue weighted by Crippen LogP contribution is -2.28. The second-order valence-corrected chi connectivity index (χ2v) is 8.03. The van der Waals surface area contributed by atoms with Gasteiger partial charge >= 0.3 is 0 Å². The highest BCUT2D eigenvalue weighted by Crippen LogP contribution is 2.27. The zero-order chi connectivity index (χ0) is 22.9. The van der Waals surface area contributed by atoms with Gasteiger partial charge in [0.2, 0.25) is 5.82 Å². The Labute approximate surface area is 193 Å². The first-order valence-electron chi connectivity index (χ1n) is 11.0. The Morgan fingerprint density at radius 3 is 2.76 bits per heavy atom. The molecule has 0 bridgehead atoms. The number of hydrogen-bond acceptors (Lipinski definition) is 8. The second-order valence-electron chi connectivity index (χ2n) is 8.03. The third-order valence-electron chi connectivity index (χ3n) is 5.92. The van der Waals surface area contributed by atoms with Crippen LogP contribution in [0.3, 0.4) is 0 Å². The summed E-state index contributed by atoms with van der Waals surface area (Å²) in [4.78, 5) is 18.6. The fourth-order valence-electron chi connectivity index (χ4n) is 4.19. The van der Waals surface area contributed by atoms with Crippen molar-refractivity contribution in [3.05, 3.63) is 65.0 Å². The van der Waals surface area contributed by atoms with Crippen LogP contribution in [0.1, 0.15) is 6.42 Å². The first-order valence-corrected chi connectivity index (χ1v) is 11.0. The molecular weight excluding hydrogens is 434 g/mol. The van der Waals surface area contributed by atoms with Crippen LogP contribution in [0, 0.1) is 0 Å². The van der Waals surface area contributed by atoms with Gasteiger partial charge in [-0.15, -0.1) is 15.3 Å². The molecule has 0 amide bonds. The zero-order valence-corrected chi connectivity index (χ0v) is 18.2. The Morgan fingerprint density at radius 1 is 1.00 bits per heavy atom. The minimum Gasteiger partial charge on any atom is -0.380 e. The maximum absolute atomic E-state index is 12.9. The van der Waals surface area contributed by atoms with Gasteiger partial charge < -0.3 is 14.6 Å². The van der Waals surface area contributed by atoms with E-state index in [1.165, 1.54) is 0 Å². The zero-order valence-electron chi connectivity index (χ0n) is 18.2. The third-order valence-corrected chi connectivity index (χ3v) is 5.92. The Hall–Kier alpha value is -4.38. The van der Waals surface area contributed by atoms with Crippen LogP contribution in [0.5, 0.6) is 0 Å². The largest absolute Gasteiger partial charge is 0.380 e. The van der Waals surface area contributed by atoms with E-state index in [-0.39, 0.29) is 5.43 Å². The van der Waals surface area contributed by atoms with Crippen LogP contribution < -0.4 is 10.3 Å². The van der Waals surface area contributed by atoms with Crippen LogP contribution in [0.25, 0.3) is 39.2 Å². The summed E-state index contributed by atoms with van der Waals surface area (Å²) in [5.74, 6) is 1.32. The summed E-state index contributed by atoms with van der Waals surface area (Å²) in [7, 11) is 0. The van der Waals surface area contributed by atoms with Crippen molar-refractivity contribution in [3.63, 3.8) is 0 Å². The second kappa shape index (κ2) is 8.52. The molecule has 2 aromatic carbocycles. The summed E-state index contributed by atoms with van der Waals surface area (Å²) in [6.07, 6.45) is 2.77. The molecule has 5 aromatic rings. The summed E-state index contributed by atoms with van der Waals surface area (Å²) < 4.78 is 7.26. The van der Waals surface area contributed by atoms with Crippen molar-refractivity contribution in [1.29, 1.82) is 0 Å². The number of pyridine rings is 1. The molecule has 0 saturated carbocycles. The van der Waals surface area contributed by atoms with Crippen LogP contribution in [-0.4, -0.2) is 66.9 Å². The lowest BCUT2D eigenvalue weighted by molar-refractivity contribution is 0.152. The molecule has 6 rings (SSSR count). The Morgan fingerprint density at radius 2 is 1.91 bits per heavy atom. The van der Waals surface area contributed by atoms with E-state index in [4.69, 9.17) is 4.74 Å². The molecule has 2 N–H and O–H groups in total. The van der Waals surface area contributed by atoms with Gasteiger partial charge in [-0.2, -0.15) is 5.21 Å². The van der Waals surface area contributed by atoms with Crippen LogP contribution in [-0.2, 0) is 4.74 Å². The summed E-state index contributed by atoms with van der Waals surface area (Å²) in [6, 6.07) is 14.9. The number of fused-ring (bicyclic) bond motifs is 1. The van der Waals surface area contributed by atoms with Gasteiger partial charge in [0.05, 0.1) is 24.0 Å². The van der Waals surface area contributed by atoms with Crippen LogP contribution >= 0.6 is 0 Å². The van der Waals surface area contributed by atoms with Gasteiger partial charge in [0, 0.05) is 42.3 Å². The highest BCUT2D eigenvalue weighted by atomic mass is 16.5. The number of rotatable bonds is 4. The monoisotopic (exact) mass is 455 g/mol. The lowest BCUT2D eigenvalue weighted by Gasteiger charge is -2.22. The van der Waals surface area contributed by atoms with E-state index in [1.807, 2.05) is 48.7 Å². The molecule has 11 nitrogen and oxygen atoms in total. The minimum absolute atomic E-state index is 0.0276. The Balaban J connectivity index is 1.37. The molecular formula is C23H21N9O2. The van der Waals surface area contributed by atoms with Gasteiger partial charge in [0.15, 0.2) is 5.43 Å². The molecule has 0 radical (unpaired) electrons. The van der Waals surface area contributed by atoms with E-state index in [1.54, 1.807) is 10.7 Å². The van der Waals surface area contributed by atoms with Crippen LogP contribution in [0.4, 0.5) is 5.82 Å². The van der Waals surface area contributed by atoms with E-state index >= 15 is 0 Å². The Bertz CT molecular complexity index is 1480. The van der Waals surface area contributed by atoms with Crippen molar-refractivity contribution in [2.24, 2.45) is 0 Å². The van der Waals surface area contributed by atoms with Crippen molar-refractivity contribution >= 4 is 16.7 Å². The molecule has 0 spiro atoms. The SMILES string of the molecule is O=c1cc(N2CCCOCC2)[nH]c2c(-c3cn(-c4ccc(-c5nn[nH]n5)cc4)nn3)cccc12. The first-order chi connectivity index (χ1) is 16.8. The predicted molar refractivity (Wildman–Crippen MR) is 126 cm³/mol. The first kappa shape index (κ1) is 20.2. The van der Waals surface area contributed by atoms with Gasteiger partial charge in [-0.05, 0) is 42.0 Å². The molecule has 1 aliphatic heterocycles. The summed E-state index contributed by atoms with van der Waals surface area (Å²) in [6.45, 7) is 2.94. The van der Waals surface area contributed by atoms with Crippen LogP contribution in [0.15, 0.2) is 59.5 Å². The molecule has 11 heteroatoms. The maximum atomic E-state index is 12.9. The van der Waals surface area contributed by atoms with E-state index in [2.05, 4.69) is 40.8 Å². The van der Waals surface area contributed by atoms with Crippen molar-refractivity contribution in [1.82, 2.24) is 40.6 Å². The lowest BCUT2D eigenvalue weighted by atomic mass is 10.1. The molecule has 3 aromatic heterocycles. The molecule has 0 atom stereocenters. The molecule has 1 fully saturated rings. The number of hydrogen-bond donors (Lipinski definition) is 2. The molecule has 170 valence electrons. The molecule has 1 aliphatic rings. The smallest absolute Gasteiger partial charge is 0.204 e. The number of H-pyrrole nitrogens is 2. The fourth-order valence-corrected chi connectivity index (χ4v) is 4.19. The number of anilines is 1. The van der Waals surface area contributed by atoms with Crippen molar-refractivity contribution in [3.8, 4) is 28.3 Å².